The minimum Gasteiger partial charge on any atom is -0.469 e. The quantitative estimate of drug-likeness (QED) is 0.564. The Labute approximate surface area is 110 Å². The van der Waals surface area contributed by atoms with Crippen LogP contribution in [-0.4, -0.2) is 25.7 Å². The number of rotatable bonds is 2. The minimum atomic E-state index is -0.400. The highest BCUT2D eigenvalue weighted by Gasteiger charge is 2.22. The molecule has 0 aromatic heterocycles. The largest absolute Gasteiger partial charge is 0.469 e. The van der Waals surface area contributed by atoms with Crippen LogP contribution in [0.3, 0.4) is 0 Å². The molecule has 0 aromatic carbocycles. The number of hydrogen-bond acceptors (Lipinski definition) is 4. The van der Waals surface area contributed by atoms with Crippen molar-refractivity contribution in [3.63, 3.8) is 0 Å². The van der Waals surface area contributed by atoms with Crippen LogP contribution in [0.5, 0.6) is 0 Å². The molecule has 0 spiro atoms. The molecule has 106 valence electrons. The predicted octanol–water partition coefficient (Wildman–Crippen LogP) is 2.97. The molecular formula is C14H26O4. The molecule has 0 radical (unpaired) electrons. The Balaban J connectivity index is 0. The third-order valence-electron chi connectivity index (χ3n) is 1.74. The van der Waals surface area contributed by atoms with E-state index in [0.717, 1.165) is 0 Å². The second-order valence-corrected chi connectivity index (χ2v) is 5.88. The molecule has 0 aromatic rings. The van der Waals surface area contributed by atoms with Crippen LogP contribution in [0.15, 0.2) is 12.7 Å². The highest BCUT2D eigenvalue weighted by molar-refractivity contribution is 5.75. The fourth-order valence-electron chi connectivity index (χ4n) is 0.657. The lowest BCUT2D eigenvalue weighted by Gasteiger charge is -2.15. The van der Waals surface area contributed by atoms with Gasteiger partial charge in [0.15, 0.2) is 0 Å². The lowest BCUT2D eigenvalue weighted by atomic mass is 9.97. The fourth-order valence-corrected chi connectivity index (χ4v) is 0.657. The molecule has 0 unspecified atom stereocenters. The van der Waals surface area contributed by atoms with E-state index in [9.17, 15) is 9.59 Å². The van der Waals surface area contributed by atoms with Crippen molar-refractivity contribution in [3.8, 4) is 0 Å². The van der Waals surface area contributed by atoms with Crippen molar-refractivity contribution in [2.45, 2.75) is 41.5 Å². The Morgan fingerprint density at radius 3 is 1.56 bits per heavy atom. The van der Waals surface area contributed by atoms with E-state index in [-0.39, 0.29) is 17.4 Å². The van der Waals surface area contributed by atoms with E-state index in [2.05, 4.69) is 11.3 Å². The average molecular weight is 258 g/mol. The zero-order valence-electron chi connectivity index (χ0n) is 12.6. The lowest BCUT2D eigenvalue weighted by Crippen LogP contribution is -2.22. The predicted molar refractivity (Wildman–Crippen MR) is 72.1 cm³/mol. The van der Waals surface area contributed by atoms with Crippen LogP contribution in [0.25, 0.3) is 0 Å². The van der Waals surface area contributed by atoms with Crippen molar-refractivity contribution < 1.29 is 19.1 Å². The standard InChI is InChI=1S/C8H14O2.C6H12O2/c1-5-6-10-7(9)8(2,3)4;1-6(2,3)5(7)8-4/h5H,1,6H2,2-4H3;1-4H3. The topological polar surface area (TPSA) is 52.6 Å². The molecule has 0 fully saturated rings. The number of carbonyl (C=O) groups is 2. The molecule has 0 amide bonds. The highest BCUT2D eigenvalue weighted by atomic mass is 16.5. The molecule has 0 saturated heterocycles. The summed E-state index contributed by atoms with van der Waals surface area (Å²) in [6.45, 7) is 14.6. The molecule has 0 heterocycles. The highest BCUT2D eigenvalue weighted by Crippen LogP contribution is 2.14. The van der Waals surface area contributed by atoms with Crippen LogP contribution in [0.4, 0.5) is 0 Å². The van der Waals surface area contributed by atoms with Gasteiger partial charge in [-0.1, -0.05) is 12.7 Å². The summed E-state index contributed by atoms with van der Waals surface area (Å²) in [5.74, 6) is -0.357. The first-order chi connectivity index (χ1) is 7.96. The van der Waals surface area contributed by atoms with Crippen LogP contribution in [-0.2, 0) is 19.1 Å². The summed E-state index contributed by atoms with van der Waals surface area (Å²) in [6.07, 6.45) is 1.56. The normalized spacial score (nSPS) is 10.8. The molecule has 0 rings (SSSR count). The summed E-state index contributed by atoms with van der Waals surface area (Å²) in [5.41, 5.74) is -0.752. The third-order valence-corrected chi connectivity index (χ3v) is 1.74. The maximum absolute atomic E-state index is 11.0. The van der Waals surface area contributed by atoms with Crippen LogP contribution in [0, 0.1) is 10.8 Å². The molecule has 0 saturated carbocycles. The number of carbonyl (C=O) groups excluding carboxylic acids is 2. The van der Waals surface area contributed by atoms with Gasteiger partial charge in [-0.2, -0.15) is 0 Å². The summed E-state index contributed by atoms with van der Waals surface area (Å²) in [5, 5.41) is 0. The molecule has 0 bridgehead atoms. The van der Waals surface area contributed by atoms with Crippen molar-refractivity contribution in [1.82, 2.24) is 0 Å². The number of hydrogen-bond donors (Lipinski definition) is 0. The molecule has 4 nitrogen and oxygen atoms in total. The van der Waals surface area contributed by atoms with Crippen molar-refractivity contribution in [2.75, 3.05) is 13.7 Å². The summed E-state index contributed by atoms with van der Waals surface area (Å²) in [7, 11) is 1.40. The molecule has 0 atom stereocenters. The van der Waals surface area contributed by atoms with Gasteiger partial charge in [-0.3, -0.25) is 9.59 Å². The molecular weight excluding hydrogens is 232 g/mol. The molecule has 0 aliphatic heterocycles. The Morgan fingerprint density at radius 2 is 1.39 bits per heavy atom. The van der Waals surface area contributed by atoms with Crippen molar-refractivity contribution in [2.24, 2.45) is 10.8 Å². The number of ether oxygens (including phenoxy) is 2. The Morgan fingerprint density at radius 1 is 1.00 bits per heavy atom. The van der Waals surface area contributed by atoms with Crippen molar-refractivity contribution in [3.05, 3.63) is 12.7 Å². The summed E-state index contributed by atoms with van der Waals surface area (Å²) < 4.78 is 9.27. The monoisotopic (exact) mass is 258 g/mol. The van der Waals surface area contributed by atoms with Gasteiger partial charge < -0.3 is 9.47 Å². The van der Waals surface area contributed by atoms with Crippen LogP contribution in [0.2, 0.25) is 0 Å². The molecule has 4 heteroatoms. The summed E-state index contributed by atoms with van der Waals surface area (Å²) in [6, 6.07) is 0. The minimum absolute atomic E-state index is 0.169. The van der Waals surface area contributed by atoms with Gasteiger partial charge in [-0.25, -0.2) is 0 Å². The first kappa shape index (κ1) is 19.0. The van der Waals surface area contributed by atoms with E-state index < -0.39 is 5.41 Å². The second-order valence-electron chi connectivity index (χ2n) is 5.88. The SMILES string of the molecule is C=CCOC(=O)C(C)(C)C.COC(=O)C(C)(C)C. The van der Waals surface area contributed by atoms with E-state index in [1.54, 1.807) is 6.08 Å². The zero-order chi connectivity index (χ0) is 15.0. The van der Waals surface area contributed by atoms with Crippen LogP contribution in [0.1, 0.15) is 41.5 Å². The Hall–Kier alpha value is -1.32. The van der Waals surface area contributed by atoms with Crippen LogP contribution < -0.4 is 0 Å². The molecule has 0 N–H and O–H groups in total. The van der Waals surface area contributed by atoms with Gasteiger partial charge in [0, 0.05) is 0 Å². The number of methoxy groups -OCH3 is 1. The van der Waals surface area contributed by atoms with E-state index in [1.165, 1.54) is 7.11 Å². The lowest BCUT2D eigenvalue weighted by molar-refractivity contribution is -0.151. The van der Waals surface area contributed by atoms with E-state index >= 15 is 0 Å². The van der Waals surface area contributed by atoms with Gasteiger partial charge in [0.25, 0.3) is 0 Å². The molecule has 18 heavy (non-hydrogen) atoms. The molecule has 0 aliphatic rings. The Bertz CT molecular complexity index is 279. The number of esters is 2. The van der Waals surface area contributed by atoms with Gasteiger partial charge in [0.05, 0.1) is 17.9 Å². The second kappa shape index (κ2) is 7.90. The molecule has 0 aliphatic carbocycles. The van der Waals surface area contributed by atoms with E-state index in [4.69, 9.17) is 4.74 Å². The first-order valence-electron chi connectivity index (χ1n) is 5.83. The van der Waals surface area contributed by atoms with Crippen molar-refractivity contribution >= 4 is 11.9 Å². The van der Waals surface area contributed by atoms with Crippen LogP contribution >= 0.6 is 0 Å². The van der Waals surface area contributed by atoms with Gasteiger partial charge in [-0.15, -0.1) is 0 Å². The Kier molecular flexibility index (Phi) is 8.35. The van der Waals surface area contributed by atoms with E-state index in [1.807, 2.05) is 41.5 Å². The van der Waals surface area contributed by atoms with Gasteiger partial charge >= 0.3 is 11.9 Å². The van der Waals surface area contributed by atoms with Crippen molar-refractivity contribution in [1.29, 1.82) is 0 Å². The maximum atomic E-state index is 11.0. The smallest absolute Gasteiger partial charge is 0.311 e. The van der Waals surface area contributed by atoms with E-state index in [0.29, 0.717) is 6.61 Å². The first-order valence-corrected chi connectivity index (χ1v) is 5.83. The zero-order valence-corrected chi connectivity index (χ0v) is 12.6. The fraction of sp³-hybridized carbons (Fsp3) is 0.714. The maximum Gasteiger partial charge on any atom is 0.311 e. The summed E-state index contributed by atoms with van der Waals surface area (Å²) in [4.78, 5) is 21.6. The average Bonchev–Trinajstić information content (AvgIpc) is 2.22. The third kappa shape index (κ3) is 9.87. The van der Waals surface area contributed by atoms with Gasteiger partial charge in [0.2, 0.25) is 0 Å². The summed E-state index contributed by atoms with van der Waals surface area (Å²) >= 11 is 0. The van der Waals surface area contributed by atoms with Gasteiger partial charge in [0.1, 0.15) is 6.61 Å². The van der Waals surface area contributed by atoms with Gasteiger partial charge in [-0.05, 0) is 41.5 Å².